The van der Waals surface area contributed by atoms with Crippen LogP contribution in [0.4, 0.5) is 30.7 Å². The van der Waals surface area contributed by atoms with Crippen molar-refractivity contribution >= 4 is 51.2 Å². The van der Waals surface area contributed by atoms with Crippen LogP contribution in [0.5, 0.6) is 0 Å². The summed E-state index contributed by atoms with van der Waals surface area (Å²) in [5, 5.41) is 1.06. The first-order valence-electron chi connectivity index (χ1n) is 35.3. The zero-order valence-electron chi connectivity index (χ0n) is 58.8. The fourth-order valence-electron chi connectivity index (χ4n) is 14.6. The third-order valence-corrected chi connectivity index (χ3v) is 21.8. The Morgan fingerprint density at radius 2 is 1.32 bits per heavy atom. The number of carbonyl (C=O) groups excluding carboxylic acids is 5. The number of aryl methyl sites for hydroxylation is 1. The number of likely N-dealkylation sites (N-methyl/N-ethyl adjacent to an activating group) is 2. The molecule has 1 spiro atoms. The van der Waals surface area contributed by atoms with Crippen LogP contribution in [-0.2, 0) is 71.2 Å². The van der Waals surface area contributed by atoms with E-state index in [0.29, 0.717) is 74.6 Å². The lowest BCUT2D eigenvalue weighted by Crippen LogP contribution is -2.46. The fraction of sp³-hybridized carbons (Fsp3) is 0.468. The summed E-state index contributed by atoms with van der Waals surface area (Å²) in [4.78, 5) is 79.8. The minimum absolute atomic E-state index is 0.00621. The van der Waals surface area contributed by atoms with E-state index in [0.717, 1.165) is 134 Å². The Labute approximate surface area is 596 Å². The van der Waals surface area contributed by atoms with Gasteiger partial charge in [0.2, 0.25) is 11.8 Å². The van der Waals surface area contributed by atoms with Crippen molar-refractivity contribution in [3.8, 4) is 11.1 Å². The number of ether oxygens (including phenoxy) is 3. The van der Waals surface area contributed by atoms with Crippen molar-refractivity contribution in [2.24, 2.45) is 5.92 Å². The summed E-state index contributed by atoms with van der Waals surface area (Å²) in [5.41, 5.74) is 3.22. The quantitative estimate of drug-likeness (QED) is 0.0290. The van der Waals surface area contributed by atoms with E-state index < -0.39 is 46.4 Å². The van der Waals surface area contributed by atoms with Gasteiger partial charge in [0.1, 0.15) is 30.9 Å². The van der Waals surface area contributed by atoms with Crippen LogP contribution in [0.15, 0.2) is 140 Å². The van der Waals surface area contributed by atoms with Crippen molar-refractivity contribution < 1.29 is 68.9 Å². The lowest BCUT2D eigenvalue weighted by molar-refractivity contribution is -0.150. The van der Waals surface area contributed by atoms with Gasteiger partial charge in [0, 0.05) is 97.0 Å². The third-order valence-electron chi connectivity index (χ3n) is 20.7. The molecular weight excluding hydrogens is 1340 g/mol. The van der Waals surface area contributed by atoms with Crippen LogP contribution in [0.25, 0.3) is 21.3 Å². The van der Waals surface area contributed by atoms with Crippen LogP contribution >= 0.6 is 11.3 Å². The lowest BCUT2D eigenvalue weighted by atomic mass is 9.68. The normalized spacial score (nSPS) is 17.8. The van der Waals surface area contributed by atoms with Crippen molar-refractivity contribution in [3.63, 3.8) is 0 Å². The number of fused-ring (bicyclic) bond motifs is 3. The van der Waals surface area contributed by atoms with E-state index in [1.165, 1.54) is 42.5 Å². The number of hydrogen-bond acceptors (Lipinski definition) is 12. The summed E-state index contributed by atoms with van der Waals surface area (Å²) >= 11 is 1.64. The highest BCUT2D eigenvalue weighted by Crippen LogP contribution is 2.50. The van der Waals surface area contributed by atoms with Gasteiger partial charge < -0.3 is 43.6 Å². The first-order valence-corrected chi connectivity index (χ1v) is 36.1. The number of hydrogen-bond donors (Lipinski definition) is 0. The number of piperidine rings is 2. The monoisotopic (exact) mass is 1430 g/mol. The molecule has 1 aromatic heterocycles. The highest BCUT2D eigenvalue weighted by molar-refractivity contribution is 7.18. The van der Waals surface area contributed by atoms with Crippen LogP contribution in [0.1, 0.15) is 137 Å². The number of likely N-dealkylation sites (tertiary alicyclic amines) is 2. The highest BCUT2D eigenvalue weighted by atomic mass is 32.1. The molecule has 15 nitrogen and oxygen atoms in total. The van der Waals surface area contributed by atoms with Crippen LogP contribution in [0.2, 0.25) is 0 Å². The van der Waals surface area contributed by atoms with Gasteiger partial charge in [-0.1, -0.05) is 111 Å². The second-order valence-corrected chi connectivity index (χ2v) is 28.8. The number of alkyl halides is 6. The molecule has 546 valence electrons. The molecule has 3 fully saturated rings. The molecule has 3 aliphatic heterocycles. The summed E-state index contributed by atoms with van der Waals surface area (Å²) in [5.74, 6) is -1.09. The zero-order valence-corrected chi connectivity index (χ0v) is 59.6. The molecular formula is C79H92F7N7O8S. The molecule has 0 unspecified atom stereocenters. The lowest BCUT2D eigenvalue weighted by Gasteiger charge is -2.44. The van der Waals surface area contributed by atoms with Gasteiger partial charge in [-0.3, -0.25) is 24.0 Å². The minimum Gasteiger partial charge on any atom is -0.462 e. The third kappa shape index (κ3) is 19.6. The SMILES string of the molecule is COCC(=O)N(C)CCCN(C)C(=O)c1ccc2nc(CCCCCCC(=O)N(C)CCN3CCC(OC(=O)Cc4ccccc4-c4ccccc4)CC3)sc2c1.C[C@H]1Cc2ccccc2C12CCN(CC[C@@]1(c3ccc(F)cc3)CN(C(=O)c3cc(C(F)(F)F)cc(C(F)(F)F)c3)CO1)CC2. The summed E-state index contributed by atoms with van der Waals surface area (Å²) in [7, 11) is 6.92. The van der Waals surface area contributed by atoms with Crippen LogP contribution in [-0.4, -0.2) is 177 Å². The number of amides is 4. The van der Waals surface area contributed by atoms with E-state index in [4.69, 9.17) is 19.2 Å². The highest BCUT2D eigenvalue weighted by Gasteiger charge is 2.48. The summed E-state index contributed by atoms with van der Waals surface area (Å²) < 4.78 is 113. The van der Waals surface area contributed by atoms with E-state index in [1.807, 2.05) is 66.5 Å². The Morgan fingerprint density at radius 1 is 0.676 bits per heavy atom. The van der Waals surface area contributed by atoms with Crippen molar-refractivity contribution in [1.29, 1.82) is 0 Å². The molecule has 0 N–H and O–H groups in total. The largest absolute Gasteiger partial charge is 0.462 e. The standard InChI is InChI=1S/C45H59N5O6S.C34H33F7N2O2/c1-47(43(52)33-55-4)25-14-26-49(3)45(54)36-21-22-39-40(31-36)57-41(46-39)19-10-5-6-11-20-42(51)48(2)29-30-50-27-23-37(24-28-50)56-44(53)32-35-17-12-13-18-38(35)34-15-8-7-9-16-34;1-22-16-23-4-2-3-5-29(23)31(22)10-13-42(14-11-31)15-12-32(25-6-8-28(35)9-7-25)20-43(21-45-32)30(44)24-17-26(33(36,37)38)19-27(18-24)34(39,40)41/h7-9,12-13,15-18,21-22,31,37H,5-6,10-11,14,19-20,23-30,32-33H2,1-4H3;2-9,17-19,22H,10-16,20-21H2,1H3/t;22-,32-/m.0/s1. The molecule has 7 aromatic rings. The maximum Gasteiger partial charge on any atom is 0.416 e. The molecule has 4 heterocycles. The van der Waals surface area contributed by atoms with Crippen molar-refractivity contribution in [2.75, 3.05) is 107 Å². The number of benzene rings is 6. The Hall–Kier alpha value is -8.09. The number of nitrogens with zero attached hydrogens (tertiary/aromatic N) is 7. The van der Waals surface area contributed by atoms with E-state index in [-0.39, 0.29) is 67.6 Å². The number of rotatable bonds is 26. The van der Waals surface area contributed by atoms with Gasteiger partial charge in [-0.2, -0.15) is 26.3 Å². The molecule has 102 heavy (non-hydrogen) atoms. The fourth-order valence-corrected chi connectivity index (χ4v) is 15.7. The van der Waals surface area contributed by atoms with E-state index in [9.17, 15) is 54.7 Å². The molecule has 0 saturated carbocycles. The van der Waals surface area contributed by atoms with Crippen LogP contribution in [0, 0.1) is 11.7 Å². The molecule has 4 amide bonds. The van der Waals surface area contributed by atoms with Crippen molar-refractivity contribution in [2.45, 2.75) is 126 Å². The Morgan fingerprint density at radius 3 is 2.03 bits per heavy atom. The van der Waals surface area contributed by atoms with Gasteiger partial charge in [0.15, 0.2) is 0 Å². The van der Waals surface area contributed by atoms with E-state index >= 15 is 0 Å². The van der Waals surface area contributed by atoms with E-state index in [2.05, 4.69) is 59.2 Å². The second-order valence-electron chi connectivity index (χ2n) is 27.7. The minimum atomic E-state index is -5.08. The average Bonchev–Trinajstić information content (AvgIpc) is 1.59. The molecule has 4 aliphatic rings. The molecule has 1 aliphatic carbocycles. The number of carbonyl (C=O) groups is 5. The number of methoxy groups -OCH3 is 1. The molecule has 0 radical (unpaired) electrons. The Bertz CT molecular complexity index is 3960. The predicted molar refractivity (Wildman–Crippen MR) is 379 cm³/mol. The van der Waals surface area contributed by atoms with Gasteiger partial charge >= 0.3 is 18.3 Å². The van der Waals surface area contributed by atoms with Gasteiger partial charge in [-0.25, -0.2) is 9.37 Å². The first-order chi connectivity index (χ1) is 48.8. The Balaban J connectivity index is 0.000000225. The summed E-state index contributed by atoms with van der Waals surface area (Å²) in [6, 6.07) is 38.9. The zero-order chi connectivity index (χ0) is 72.8. The average molecular weight is 1430 g/mol. The van der Waals surface area contributed by atoms with Crippen LogP contribution in [0.3, 0.4) is 0 Å². The summed E-state index contributed by atoms with van der Waals surface area (Å²) in [6.45, 7) is 8.48. The predicted octanol–water partition coefficient (Wildman–Crippen LogP) is 14.5. The molecule has 11 rings (SSSR count). The maximum absolute atomic E-state index is 13.9. The number of aromatic nitrogens is 1. The second kappa shape index (κ2) is 34.5. The summed E-state index contributed by atoms with van der Waals surface area (Å²) in [6.07, 6.45) is 1.06. The Kier molecular flexibility index (Phi) is 25.9. The first kappa shape index (κ1) is 76.5. The molecule has 0 bridgehead atoms. The number of thiazole rings is 1. The van der Waals surface area contributed by atoms with E-state index in [1.54, 1.807) is 35.2 Å². The molecule has 3 saturated heterocycles. The van der Waals surface area contributed by atoms with Gasteiger partial charge in [0.05, 0.1) is 39.3 Å². The van der Waals surface area contributed by atoms with Crippen molar-refractivity contribution in [3.05, 3.63) is 195 Å². The number of esters is 1. The molecule has 6 aromatic carbocycles. The smallest absolute Gasteiger partial charge is 0.416 e. The number of halogens is 7. The van der Waals surface area contributed by atoms with Crippen molar-refractivity contribution in [1.82, 2.24) is 34.4 Å². The van der Waals surface area contributed by atoms with Gasteiger partial charge in [0.25, 0.3) is 11.8 Å². The topological polar surface area (TPSA) is 145 Å². The molecule has 2 atom stereocenters. The number of unbranched alkanes of at least 4 members (excludes halogenated alkanes) is 3. The maximum atomic E-state index is 13.9. The molecule has 23 heteroatoms. The van der Waals surface area contributed by atoms with Crippen LogP contribution < -0.4 is 0 Å². The van der Waals surface area contributed by atoms with Gasteiger partial charge in [-0.05, 0) is 165 Å². The van der Waals surface area contributed by atoms with Gasteiger partial charge in [-0.15, -0.1) is 11.3 Å².